The second-order valence-corrected chi connectivity index (χ2v) is 14.2. The average molecular weight is 845 g/mol. The molecule has 7 radical (unpaired) electrons. The maximum atomic E-state index is 9.75. The molecular weight excluding hydrogens is 796 g/mol. The van der Waals surface area contributed by atoms with Crippen LogP contribution in [0, 0.1) is 37.8 Å². The van der Waals surface area contributed by atoms with Gasteiger partial charge in [-0.05, 0) is 87.0 Å². The molecule has 10 heteroatoms. The third kappa shape index (κ3) is 21.4. The van der Waals surface area contributed by atoms with E-state index < -0.39 is 15.2 Å². The monoisotopic (exact) mass is 845 g/mol. The smallest absolute Gasteiger partial charge is 0.418 e. The quantitative estimate of drug-likeness (QED) is 0.134. The van der Waals surface area contributed by atoms with Crippen molar-refractivity contribution in [2.75, 3.05) is 13.1 Å². The summed E-state index contributed by atoms with van der Waals surface area (Å²) in [6.07, 6.45) is 18.3. The molecule has 0 bridgehead atoms. The molecule has 5 rings (SSSR count). The van der Waals surface area contributed by atoms with Crippen molar-refractivity contribution in [3.8, 4) is 0 Å². The standard InChI is InChI=1S/C18H15P.C11H21N3.C8H12.BF4.Ir/c1-4-10-16(11-5-1)19(17-12-6-2-7-13-17)18-14-8-3-9-15-18;1-5-6-7-13-9-12-14(10-13)8-11(2,3)4;1-2-4-6-8-7-5-3-1;2-1(3,4)5;/h1-15H;9H,5-8H2,1-4H3;1-2,7-8H,3-6H2;;/q;;;-1;. The first-order valence-corrected chi connectivity index (χ1v) is 17.3. The fourth-order valence-corrected chi connectivity index (χ4v) is 6.63. The molecule has 2 aliphatic rings. The molecule has 3 aromatic rings. The Morgan fingerprint density at radius 1 is 0.702 bits per heavy atom. The molecule has 47 heavy (non-hydrogen) atoms. The first-order chi connectivity index (χ1) is 22.0. The zero-order valence-electron chi connectivity index (χ0n) is 27.9. The Morgan fingerprint density at radius 3 is 1.38 bits per heavy atom. The van der Waals surface area contributed by atoms with Crippen LogP contribution >= 0.6 is 7.92 Å². The van der Waals surface area contributed by atoms with Gasteiger partial charge in [-0.25, -0.2) is 0 Å². The van der Waals surface area contributed by atoms with Crippen molar-refractivity contribution >= 4 is 37.4 Å². The van der Waals surface area contributed by atoms with E-state index in [0.717, 1.165) is 13.1 Å². The van der Waals surface area contributed by atoms with E-state index in [4.69, 9.17) is 0 Å². The second kappa shape index (κ2) is 24.0. The van der Waals surface area contributed by atoms with E-state index in [9.17, 15) is 17.3 Å². The molecule has 257 valence electrons. The van der Waals surface area contributed by atoms with Gasteiger partial charge in [0.25, 0.3) is 0 Å². The van der Waals surface area contributed by atoms with E-state index in [1.807, 2.05) is 16.2 Å². The topological polar surface area (TPSA) is 18.8 Å². The molecule has 0 saturated heterocycles. The van der Waals surface area contributed by atoms with Crippen LogP contribution in [-0.4, -0.2) is 36.6 Å². The van der Waals surface area contributed by atoms with Crippen molar-refractivity contribution in [2.24, 2.45) is 10.5 Å². The summed E-state index contributed by atoms with van der Waals surface area (Å²) in [5.41, 5.74) is 0.269. The average Bonchev–Trinajstić information content (AvgIpc) is 3.43. The van der Waals surface area contributed by atoms with Gasteiger partial charge in [-0.1, -0.05) is 125 Å². The van der Waals surface area contributed by atoms with E-state index in [-0.39, 0.29) is 25.5 Å². The van der Waals surface area contributed by atoms with E-state index >= 15 is 0 Å². The molecule has 3 aromatic carbocycles. The summed E-state index contributed by atoms with van der Waals surface area (Å²) in [6, 6.07) is 32.3. The van der Waals surface area contributed by atoms with Crippen LogP contribution in [-0.2, 0) is 20.1 Å². The summed E-state index contributed by atoms with van der Waals surface area (Å²) in [5.74, 6) is 0. The number of hydrogen-bond acceptors (Lipinski definition) is 3. The summed E-state index contributed by atoms with van der Waals surface area (Å²) in [4.78, 5) is 2.04. The minimum Gasteiger partial charge on any atom is -0.418 e. The van der Waals surface area contributed by atoms with Crippen LogP contribution in [0.15, 0.2) is 96.1 Å². The first kappa shape index (κ1) is 42.8. The van der Waals surface area contributed by atoms with Gasteiger partial charge in [0, 0.05) is 33.2 Å². The van der Waals surface area contributed by atoms with Crippen LogP contribution in [0.3, 0.4) is 0 Å². The molecule has 0 spiro atoms. The Kier molecular flexibility index (Phi) is 21.9. The minimum atomic E-state index is -6.00. The molecule has 1 saturated carbocycles. The van der Waals surface area contributed by atoms with Gasteiger partial charge in [-0.2, -0.15) is 5.10 Å². The summed E-state index contributed by atoms with van der Waals surface area (Å²) < 4.78 is 39.0. The molecule has 1 aliphatic carbocycles. The van der Waals surface area contributed by atoms with Crippen LogP contribution in [0.4, 0.5) is 17.3 Å². The number of unbranched alkanes of at least 4 members (excludes halogenated alkanes) is 1. The minimum absolute atomic E-state index is 0. The van der Waals surface area contributed by atoms with Gasteiger partial charge in [0.05, 0.1) is 0 Å². The molecule has 1 aliphatic heterocycles. The molecule has 1 heterocycles. The molecule has 0 amide bonds. The van der Waals surface area contributed by atoms with Crippen LogP contribution in [0.2, 0.25) is 0 Å². The van der Waals surface area contributed by atoms with E-state index in [0.29, 0.717) is 0 Å². The van der Waals surface area contributed by atoms with Gasteiger partial charge in [0.15, 0.2) is 0 Å². The van der Waals surface area contributed by atoms with E-state index in [2.05, 4.69) is 156 Å². The van der Waals surface area contributed by atoms with Crippen molar-refractivity contribution < 1.29 is 37.4 Å². The van der Waals surface area contributed by atoms with Crippen LogP contribution in [0.1, 0.15) is 66.2 Å². The zero-order chi connectivity index (χ0) is 33.7. The van der Waals surface area contributed by atoms with Crippen LogP contribution in [0.5, 0.6) is 0 Å². The molecule has 1 fully saturated rings. The number of nitrogens with zero attached hydrogens (tertiary/aromatic N) is 3. The zero-order valence-corrected chi connectivity index (χ0v) is 31.2. The van der Waals surface area contributed by atoms with Crippen molar-refractivity contribution in [1.29, 1.82) is 0 Å². The Balaban J connectivity index is 0.000000347. The fourth-order valence-electron chi connectivity index (χ4n) is 4.32. The van der Waals surface area contributed by atoms with Crippen molar-refractivity contribution in [1.82, 2.24) is 9.91 Å². The maximum Gasteiger partial charge on any atom is 0.673 e. The van der Waals surface area contributed by atoms with Crippen LogP contribution < -0.4 is 15.9 Å². The molecule has 3 nitrogen and oxygen atoms in total. The number of rotatable bonds is 7. The van der Waals surface area contributed by atoms with Gasteiger partial charge in [0.2, 0.25) is 6.67 Å². The third-order valence-electron chi connectivity index (χ3n) is 6.33. The number of hydrogen-bond donors (Lipinski definition) is 0. The van der Waals surface area contributed by atoms with Gasteiger partial charge >= 0.3 is 7.25 Å². The van der Waals surface area contributed by atoms with Gasteiger partial charge in [0.1, 0.15) is 6.34 Å². The fraction of sp³-hybridized carbons (Fsp3) is 0.351. The van der Waals surface area contributed by atoms with Gasteiger partial charge in [-0.3, -0.25) is 5.01 Å². The number of benzene rings is 3. The molecule has 0 N–H and O–H groups in total. The largest absolute Gasteiger partial charge is 0.673 e. The van der Waals surface area contributed by atoms with Crippen LogP contribution in [0.25, 0.3) is 0 Å². The summed E-state index contributed by atoms with van der Waals surface area (Å²) in [7, 11) is -6.45. The van der Waals surface area contributed by atoms with Gasteiger partial charge < -0.3 is 22.2 Å². The third-order valence-corrected chi connectivity index (χ3v) is 8.77. The Bertz CT molecular complexity index is 1080. The Hall–Kier alpha value is -2.21. The molecule has 0 aromatic heterocycles. The van der Waals surface area contributed by atoms with E-state index in [1.54, 1.807) is 0 Å². The molecule has 0 unspecified atom stereocenters. The first-order valence-electron chi connectivity index (χ1n) is 15.9. The van der Waals surface area contributed by atoms with E-state index in [1.165, 1.54) is 54.4 Å². The number of halogens is 4. The van der Waals surface area contributed by atoms with Crippen molar-refractivity contribution in [2.45, 2.75) is 66.2 Å². The Labute approximate surface area is 296 Å². The predicted molar refractivity (Wildman–Crippen MR) is 191 cm³/mol. The molecular formula is C37H48BF4IrN3P-. The molecule has 0 atom stereocenters. The van der Waals surface area contributed by atoms with Gasteiger partial charge in [-0.15, -0.1) is 0 Å². The van der Waals surface area contributed by atoms with Crippen molar-refractivity contribution in [3.05, 3.63) is 123 Å². The normalized spacial score (nSPS) is 14.7. The second-order valence-electron chi connectivity index (χ2n) is 11.9. The van der Waals surface area contributed by atoms with Crippen molar-refractivity contribution in [3.63, 3.8) is 0 Å². The number of hydrazone groups is 1. The SMILES string of the molecule is CCCCN1[C]N(CC(C)(C)C)N=C1.F[B-](F)(F)F.[CH]1[CH]CC[CH][CH]CC1.[Ir].c1ccc(P(c2ccccc2)c2ccccc2)cc1. The summed E-state index contributed by atoms with van der Waals surface area (Å²) in [6.45, 7) is 14.0. The Morgan fingerprint density at radius 2 is 1.06 bits per heavy atom. The summed E-state index contributed by atoms with van der Waals surface area (Å²) >= 11 is 0. The summed E-state index contributed by atoms with van der Waals surface area (Å²) in [5, 5.41) is 10.4. The maximum absolute atomic E-state index is 9.75. The predicted octanol–water partition coefficient (Wildman–Crippen LogP) is 9.51.